The van der Waals surface area contributed by atoms with Gasteiger partial charge in [-0.3, -0.25) is 9.89 Å². The highest BCUT2D eigenvalue weighted by Gasteiger charge is 2.29. The Morgan fingerprint density at radius 2 is 2.25 bits per heavy atom. The highest BCUT2D eigenvalue weighted by molar-refractivity contribution is 9.10. The molecule has 0 aliphatic rings. The van der Waals surface area contributed by atoms with Crippen molar-refractivity contribution in [3.8, 4) is 0 Å². The van der Waals surface area contributed by atoms with Gasteiger partial charge in [0.25, 0.3) is 5.91 Å². The van der Waals surface area contributed by atoms with Gasteiger partial charge in [-0.15, -0.1) is 0 Å². The van der Waals surface area contributed by atoms with Crippen LogP contribution in [0, 0.1) is 0 Å². The van der Waals surface area contributed by atoms with Crippen molar-refractivity contribution in [2.24, 2.45) is 0 Å². The van der Waals surface area contributed by atoms with Gasteiger partial charge in [0.05, 0.1) is 22.3 Å². The van der Waals surface area contributed by atoms with Crippen LogP contribution in [-0.4, -0.2) is 47.1 Å². The number of aliphatic hydroxyl groups is 1. The lowest BCUT2D eigenvalue weighted by molar-refractivity contribution is 0.0721. The first-order chi connectivity index (χ1) is 9.34. The summed E-state index contributed by atoms with van der Waals surface area (Å²) in [5.41, 5.74) is 0.566. The molecule has 1 unspecified atom stereocenters. The molecule has 0 saturated heterocycles. The van der Waals surface area contributed by atoms with E-state index in [9.17, 15) is 4.79 Å². The largest absolute Gasteiger partial charge is 0.396 e. The van der Waals surface area contributed by atoms with E-state index in [-0.39, 0.29) is 18.4 Å². The van der Waals surface area contributed by atoms with Crippen LogP contribution in [0.1, 0.15) is 49.3 Å². The van der Waals surface area contributed by atoms with Crippen LogP contribution in [0.4, 0.5) is 0 Å². The van der Waals surface area contributed by atoms with Gasteiger partial charge in [-0.2, -0.15) is 5.10 Å². The molecule has 20 heavy (non-hydrogen) atoms. The molecule has 1 atom stereocenters. The molecular formula is C13H22BrN3O3. The van der Waals surface area contributed by atoms with Crippen molar-refractivity contribution in [2.75, 3.05) is 20.3 Å². The quantitative estimate of drug-likeness (QED) is 0.701. The normalized spacial score (nSPS) is 14.3. The molecule has 0 fully saturated rings. The van der Waals surface area contributed by atoms with Gasteiger partial charge in [0.15, 0.2) is 5.69 Å². The fourth-order valence-electron chi connectivity index (χ4n) is 1.94. The second-order valence-electron chi connectivity index (χ2n) is 5.38. The first kappa shape index (κ1) is 17.1. The van der Waals surface area contributed by atoms with E-state index in [1.165, 1.54) is 0 Å². The monoisotopic (exact) mass is 347 g/mol. The van der Waals surface area contributed by atoms with Gasteiger partial charge in [-0.25, -0.2) is 0 Å². The second kappa shape index (κ2) is 7.19. The summed E-state index contributed by atoms with van der Waals surface area (Å²) in [4.78, 5) is 12.3. The van der Waals surface area contributed by atoms with Crippen LogP contribution in [0.3, 0.4) is 0 Å². The summed E-state index contributed by atoms with van der Waals surface area (Å²) in [5, 5.41) is 18.9. The number of amides is 1. The highest BCUT2D eigenvalue weighted by Crippen LogP contribution is 2.26. The van der Waals surface area contributed by atoms with E-state index in [4.69, 9.17) is 9.84 Å². The molecular weight excluding hydrogens is 326 g/mol. The Balaban J connectivity index is 2.89. The summed E-state index contributed by atoms with van der Waals surface area (Å²) < 4.78 is 5.78. The number of ether oxygens (including phenoxy) is 1. The zero-order chi connectivity index (χ0) is 15.3. The molecule has 1 heterocycles. The average molecular weight is 348 g/mol. The van der Waals surface area contributed by atoms with E-state index in [0.29, 0.717) is 23.2 Å². The molecule has 0 bridgehead atoms. The van der Waals surface area contributed by atoms with Crippen LogP contribution < -0.4 is 5.32 Å². The number of rotatable bonds is 7. The molecule has 1 aromatic rings. The van der Waals surface area contributed by atoms with Crippen molar-refractivity contribution in [1.29, 1.82) is 0 Å². The van der Waals surface area contributed by atoms with Crippen molar-refractivity contribution in [2.45, 2.75) is 38.6 Å². The number of methoxy groups -OCH3 is 1. The molecule has 1 rings (SSSR count). The number of aromatic amines is 1. The van der Waals surface area contributed by atoms with Crippen molar-refractivity contribution >= 4 is 21.8 Å². The van der Waals surface area contributed by atoms with E-state index in [0.717, 1.165) is 5.69 Å². The minimum absolute atomic E-state index is 0.0287. The van der Waals surface area contributed by atoms with E-state index in [1.807, 2.05) is 20.8 Å². The molecule has 6 nitrogen and oxygen atoms in total. The Morgan fingerprint density at radius 3 is 2.70 bits per heavy atom. The Morgan fingerprint density at radius 1 is 1.60 bits per heavy atom. The summed E-state index contributed by atoms with van der Waals surface area (Å²) in [6.07, 6.45) is 0.408. The fraction of sp³-hybridized carbons (Fsp3) is 0.692. The average Bonchev–Trinajstić information content (AvgIpc) is 2.71. The van der Waals surface area contributed by atoms with Crippen LogP contribution in [0.2, 0.25) is 0 Å². The molecule has 7 heteroatoms. The summed E-state index contributed by atoms with van der Waals surface area (Å²) >= 11 is 3.40. The predicted octanol–water partition coefficient (Wildman–Crippen LogP) is 1.81. The van der Waals surface area contributed by atoms with Gasteiger partial charge < -0.3 is 15.2 Å². The Kier molecular flexibility index (Phi) is 6.16. The van der Waals surface area contributed by atoms with Crippen LogP contribution in [0.25, 0.3) is 0 Å². The molecule has 1 aromatic heterocycles. The number of nitrogens with one attached hydrogen (secondary N) is 2. The smallest absolute Gasteiger partial charge is 0.273 e. The fourth-order valence-corrected chi connectivity index (χ4v) is 2.76. The van der Waals surface area contributed by atoms with Crippen LogP contribution in [-0.2, 0) is 4.74 Å². The first-order valence-corrected chi connectivity index (χ1v) is 7.30. The molecule has 0 aliphatic carbocycles. The highest BCUT2D eigenvalue weighted by atomic mass is 79.9. The topological polar surface area (TPSA) is 87.2 Å². The third-order valence-corrected chi connectivity index (χ3v) is 3.87. The van der Waals surface area contributed by atoms with Gasteiger partial charge in [0.2, 0.25) is 0 Å². The molecule has 0 radical (unpaired) electrons. The molecule has 114 valence electrons. The van der Waals surface area contributed by atoms with Crippen molar-refractivity contribution in [1.82, 2.24) is 15.5 Å². The van der Waals surface area contributed by atoms with Crippen molar-refractivity contribution in [3.63, 3.8) is 0 Å². The minimum Gasteiger partial charge on any atom is -0.396 e. The summed E-state index contributed by atoms with van der Waals surface area (Å²) in [6, 6.07) is 0. The Bertz CT molecular complexity index is 454. The number of carbonyl (C=O) groups excluding carboxylic acids is 1. The van der Waals surface area contributed by atoms with Crippen molar-refractivity contribution < 1.29 is 14.6 Å². The number of carbonyl (C=O) groups is 1. The van der Waals surface area contributed by atoms with Gasteiger partial charge in [-0.1, -0.05) is 13.8 Å². The third-order valence-electron chi connectivity index (χ3n) is 3.07. The Hall–Kier alpha value is -0.920. The zero-order valence-electron chi connectivity index (χ0n) is 12.3. The maximum Gasteiger partial charge on any atom is 0.273 e. The molecule has 0 spiro atoms. The maximum absolute atomic E-state index is 12.3. The lowest BCUT2D eigenvalue weighted by atomic mass is 9.99. The number of aromatic nitrogens is 2. The minimum atomic E-state index is -0.628. The summed E-state index contributed by atoms with van der Waals surface area (Å²) in [6.45, 7) is 6.15. The van der Waals surface area contributed by atoms with Crippen LogP contribution in [0.5, 0.6) is 0 Å². The third kappa shape index (κ3) is 4.04. The van der Waals surface area contributed by atoms with E-state index in [2.05, 4.69) is 31.4 Å². The van der Waals surface area contributed by atoms with Gasteiger partial charge in [0.1, 0.15) is 0 Å². The Labute approximate surface area is 127 Å². The summed E-state index contributed by atoms with van der Waals surface area (Å²) in [7, 11) is 1.56. The lowest BCUT2D eigenvalue weighted by Gasteiger charge is -2.29. The number of hydrogen-bond donors (Lipinski definition) is 3. The molecule has 3 N–H and O–H groups in total. The molecule has 1 amide bonds. The summed E-state index contributed by atoms with van der Waals surface area (Å²) in [5.74, 6) is -0.0609. The van der Waals surface area contributed by atoms with Crippen LogP contribution in [0.15, 0.2) is 4.47 Å². The lowest BCUT2D eigenvalue weighted by Crippen LogP contribution is -2.50. The van der Waals surface area contributed by atoms with E-state index >= 15 is 0 Å². The second-order valence-corrected chi connectivity index (χ2v) is 6.17. The van der Waals surface area contributed by atoms with Gasteiger partial charge in [0, 0.05) is 13.7 Å². The number of nitrogens with zero attached hydrogens (tertiary/aromatic N) is 1. The standard InChI is InChI=1S/C13H22BrN3O3/c1-8(2)10-9(14)11(17-16-10)12(19)15-13(3,5-6-18)7-20-4/h8,18H,5-7H2,1-4H3,(H,15,19)(H,16,17). The SMILES string of the molecule is COCC(C)(CCO)NC(=O)c1n[nH]c(C(C)C)c1Br. The zero-order valence-corrected chi connectivity index (χ0v) is 13.9. The van der Waals surface area contributed by atoms with Crippen molar-refractivity contribution in [3.05, 3.63) is 15.9 Å². The van der Waals surface area contributed by atoms with Gasteiger partial charge in [-0.05, 0) is 35.2 Å². The van der Waals surface area contributed by atoms with E-state index in [1.54, 1.807) is 7.11 Å². The number of H-pyrrole nitrogens is 1. The maximum atomic E-state index is 12.3. The van der Waals surface area contributed by atoms with E-state index < -0.39 is 5.54 Å². The molecule has 0 aliphatic heterocycles. The number of aliphatic hydroxyl groups excluding tert-OH is 1. The van der Waals surface area contributed by atoms with Gasteiger partial charge >= 0.3 is 0 Å². The van der Waals surface area contributed by atoms with Crippen LogP contribution >= 0.6 is 15.9 Å². The molecule has 0 aromatic carbocycles. The number of hydrogen-bond acceptors (Lipinski definition) is 4. The predicted molar refractivity (Wildman–Crippen MR) is 79.8 cm³/mol. The molecule has 0 saturated carbocycles. The first-order valence-electron chi connectivity index (χ1n) is 6.50. The number of halogens is 1.